The summed E-state index contributed by atoms with van der Waals surface area (Å²) in [4.78, 5) is 28.0. The van der Waals surface area contributed by atoms with Crippen molar-refractivity contribution < 1.29 is 9.59 Å². The van der Waals surface area contributed by atoms with Crippen LogP contribution in [0.1, 0.15) is 12.5 Å². The van der Waals surface area contributed by atoms with E-state index in [4.69, 9.17) is 12.2 Å². The molecule has 0 unspecified atom stereocenters. The van der Waals surface area contributed by atoms with Crippen molar-refractivity contribution in [1.82, 2.24) is 0 Å². The van der Waals surface area contributed by atoms with Crippen LogP contribution in [-0.4, -0.2) is 30.2 Å². The molecule has 1 saturated heterocycles. The first-order chi connectivity index (χ1) is 12.8. The lowest BCUT2D eigenvalue weighted by atomic mass is 10.2. The fourth-order valence-electron chi connectivity index (χ4n) is 2.61. The van der Waals surface area contributed by atoms with E-state index in [2.05, 4.69) is 5.32 Å². The molecule has 2 aromatic rings. The minimum Gasteiger partial charge on any atom is -0.378 e. The summed E-state index contributed by atoms with van der Waals surface area (Å²) in [7, 11) is 3.93. The van der Waals surface area contributed by atoms with Crippen molar-refractivity contribution in [2.75, 3.05) is 29.2 Å². The summed E-state index contributed by atoms with van der Waals surface area (Å²) in [6.07, 6.45) is 1.81. The Kier molecular flexibility index (Phi) is 5.62. The molecule has 0 aromatic heterocycles. The summed E-state index contributed by atoms with van der Waals surface area (Å²) < 4.78 is 0.513. The molecule has 1 N–H and O–H groups in total. The predicted molar refractivity (Wildman–Crippen MR) is 117 cm³/mol. The van der Waals surface area contributed by atoms with Gasteiger partial charge in [-0.25, -0.2) is 0 Å². The van der Waals surface area contributed by atoms with Gasteiger partial charge in [-0.3, -0.25) is 14.5 Å². The maximum absolute atomic E-state index is 12.8. The fraction of sp³-hybridized carbons (Fsp3) is 0.150. The van der Waals surface area contributed by atoms with Crippen molar-refractivity contribution in [2.45, 2.75) is 6.92 Å². The van der Waals surface area contributed by atoms with E-state index in [1.165, 1.54) is 18.7 Å². The van der Waals surface area contributed by atoms with E-state index in [-0.39, 0.29) is 11.8 Å². The van der Waals surface area contributed by atoms with Crippen molar-refractivity contribution in [3.05, 3.63) is 59.0 Å². The van der Waals surface area contributed by atoms with Crippen molar-refractivity contribution in [3.63, 3.8) is 0 Å². The van der Waals surface area contributed by atoms with Crippen LogP contribution in [0.4, 0.5) is 17.1 Å². The van der Waals surface area contributed by atoms with E-state index < -0.39 is 0 Å². The zero-order valence-corrected chi connectivity index (χ0v) is 16.9. The topological polar surface area (TPSA) is 52.7 Å². The maximum Gasteiger partial charge on any atom is 0.270 e. The Labute approximate surface area is 168 Å². The molecule has 7 heteroatoms. The van der Waals surface area contributed by atoms with Crippen LogP contribution in [0, 0.1) is 0 Å². The Hall–Kier alpha value is -2.64. The molecule has 27 heavy (non-hydrogen) atoms. The van der Waals surface area contributed by atoms with E-state index in [0.717, 1.165) is 16.9 Å². The molecule has 0 radical (unpaired) electrons. The van der Waals surface area contributed by atoms with Crippen LogP contribution in [0.2, 0.25) is 0 Å². The van der Waals surface area contributed by atoms with Gasteiger partial charge in [0.05, 0.1) is 10.6 Å². The van der Waals surface area contributed by atoms with E-state index in [1.807, 2.05) is 61.5 Å². The van der Waals surface area contributed by atoms with Gasteiger partial charge in [-0.2, -0.15) is 0 Å². The highest BCUT2D eigenvalue weighted by molar-refractivity contribution is 8.27. The molecule has 1 aliphatic heterocycles. The summed E-state index contributed by atoms with van der Waals surface area (Å²) in [5.41, 5.74) is 3.40. The molecule has 0 aliphatic carbocycles. The van der Waals surface area contributed by atoms with Gasteiger partial charge in [0.1, 0.15) is 0 Å². The van der Waals surface area contributed by atoms with Crippen LogP contribution in [0.15, 0.2) is 53.4 Å². The number of thiocarbonyl (C=S) groups is 1. The number of carbonyl (C=O) groups is 2. The van der Waals surface area contributed by atoms with Gasteiger partial charge < -0.3 is 10.2 Å². The quantitative estimate of drug-likeness (QED) is 0.621. The molecule has 0 saturated carbocycles. The summed E-state index contributed by atoms with van der Waals surface area (Å²) in [5, 5.41) is 2.72. The second kappa shape index (κ2) is 7.94. The number of hydrogen-bond donors (Lipinski definition) is 1. The molecule has 2 aromatic carbocycles. The molecule has 5 nitrogen and oxygen atoms in total. The van der Waals surface area contributed by atoms with Gasteiger partial charge in [0, 0.05) is 32.4 Å². The Bertz CT molecular complexity index is 919. The number of nitrogens with one attached hydrogen (secondary N) is 1. The second-order valence-corrected chi connectivity index (χ2v) is 7.91. The van der Waals surface area contributed by atoms with E-state index in [9.17, 15) is 9.59 Å². The third kappa shape index (κ3) is 4.37. The molecule has 1 heterocycles. The monoisotopic (exact) mass is 397 g/mol. The Balaban J connectivity index is 1.80. The zero-order chi connectivity index (χ0) is 19.6. The normalized spacial score (nSPS) is 15.4. The molecule has 1 fully saturated rings. The number of carbonyl (C=O) groups excluding carboxylic acids is 2. The van der Waals surface area contributed by atoms with Crippen LogP contribution < -0.4 is 15.1 Å². The molecule has 138 valence electrons. The lowest BCUT2D eigenvalue weighted by molar-refractivity contribution is -0.114. The van der Waals surface area contributed by atoms with Gasteiger partial charge in [0.2, 0.25) is 5.91 Å². The van der Waals surface area contributed by atoms with Gasteiger partial charge in [-0.15, -0.1) is 0 Å². The van der Waals surface area contributed by atoms with Crippen LogP contribution in [0.3, 0.4) is 0 Å². The number of amides is 2. The standard InChI is InChI=1S/C20H19N3O2S2/c1-13(24)21-15-6-4-14(5-7-15)12-18-19(25)23(20(26)27-18)17-10-8-16(9-11-17)22(2)3/h4-12H,1-3H3,(H,21,24)/b18-12+. The Morgan fingerprint density at radius 1 is 1.11 bits per heavy atom. The van der Waals surface area contributed by atoms with Crippen LogP contribution in [-0.2, 0) is 9.59 Å². The van der Waals surface area contributed by atoms with E-state index >= 15 is 0 Å². The highest BCUT2D eigenvalue weighted by Crippen LogP contribution is 2.36. The number of anilines is 3. The van der Waals surface area contributed by atoms with Gasteiger partial charge >= 0.3 is 0 Å². The van der Waals surface area contributed by atoms with Crippen LogP contribution in [0.25, 0.3) is 6.08 Å². The second-order valence-electron chi connectivity index (χ2n) is 6.23. The lowest BCUT2D eigenvalue weighted by Crippen LogP contribution is -2.27. The maximum atomic E-state index is 12.8. The summed E-state index contributed by atoms with van der Waals surface area (Å²) >= 11 is 6.70. The average Bonchev–Trinajstić information content (AvgIpc) is 2.90. The number of benzene rings is 2. The number of hydrogen-bond acceptors (Lipinski definition) is 5. The largest absolute Gasteiger partial charge is 0.378 e. The van der Waals surface area contributed by atoms with Gasteiger partial charge in [-0.05, 0) is 48.0 Å². The van der Waals surface area contributed by atoms with Crippen LogP contribution >= 0.6 is 24.0 Å². The first kappa shape index (κ1) is 19.1. The fourth-order valence-corrected chi connectivity index (χ4v) is 3.91. The van der Waals surface area contributed by atoms with Crippen molar-refractivity contribution >= 4 is 63.3 Å². The predicted octanol–water partition coefficient (Wildman–Crippen LogP) is 4.12. The highest BCUT2D eigenvalue weighted by Gasteiger charge is 2.33. The molecule has 3 rings (SSSR count). The zero-order valence-electron chi connectivity index (χ0n) is 15.2. The molecule has 0 spiro atoms. The number of rotatable bonds is 4. The summed E-state index contributed by atoms with van der Waals surface area (Å²) in [6.45, 7) is 1.46. The van der Waals surface area contributed by atoms with Crippen molar-refractivity contribution in [2.24, 2.45) is 0 Å². The van der Waals surface area contributed by atoms with Crippen molar-refractivity contribution in [3.8, 4) is 0 Å². The molecule has 0 atom stereocenters. The molecule has 1 aliphatic rings. The molecule has 0 bridgehead atoms. The van der Waals surface area contributed by atoms with Gasteiger partial charge in [0.15, 0.2) is 4.32 Å². The Morgan fingerprint density at radius 3 is 2.30 bits per heavy atom. The van der Waals surface area contributed by atoms with Gasteiger partial charge in [0.25, 0.3) is 5.91 Å². The van der Waals surface area contributed by atoms with E-state index in [0.29, 0.717) is 14.9 Å². The van der Waals surface area contributed by atoms with E-state index in [1.54, 1.807) is 17.0 Å². The van der Waals surface area contributed by atoms with Crippen LogP contribution in [0.5, 0.6) is 0 Å². The molecule has 2 amide bonds. The SMILES string of the molecule is CC(=O)Nc1ccc(/C=C2/SC(=S)N(c3ccc(N(C)C)cc3)C2=O)cc1. The summed E-state index contributed by atoms with van der Waals surface area (Å²) in [5.74, 6) is -0.252. The van der Waals surface area contributed by atoms with Crippen molar-refractivity contribution in [1.29, 1.82) is 0 Å². The Morgan fingerprint density at radius 2 is 1.74 bits per heavy atom. The van der Waals surface area contributed by atoms with Gasteiger partial charge in [-0.1, -0.05) is 36.1 Å². The third-order valence-electron chi connectivity index (χ3n) is 3.95. The first-order valence-electron chi connectivity index (χ1n) is 8.28. The highest BCUT2D eigenvalue weighted by atomic mass is 32.2. The first-order valence-corrected chi connectivity index (χ1v) is 9.50. The molecular weight excluding hydrogens is 378 g/mol. The lowest BCUT2D eigenvalue weighted by Gasteiger charge is -2.17. The summed E-state index contributed by atoms with van der Waals surface area (Å²) in [6, 6.07) is 15.0. The minimum absolute atomic E-state index is 0.121. The minimum atomic E-state index is -0.131. The molecular formula is C20H19N3O2S2. The number of nitrogens with zero attached hydrogens (tertiary/aromatic N) is 2. The average molecular weight is 398 g/mol. The number of thioether (sulfide) groups is 1. The third-order valence-corrected chi connectivity index (χ3v) is 5.25. The smallest absolute Gasteiger partial charge is 0.270 e.